The molecule has 1 aromatic rings. The second-order valence-corrected chi connectivity index (χ2v) is 6.04. The van der Waals surface area contributed by atoms with Crippen LogP contribution in [0.5, 0.6) is 11.5 Å². The van der Waals surface area contributed by atoms with Crippen LogP contribution in [0.15, 0.2) is 18.2 Å². The number of hydrogen-bond donors (Lipinski definition) is 4. The molecule has 5 nitrogen and oxygen atoms in total. The second kappa shape index (κ2) is 8.01. The molecule has 6 heteroatoms. The Morgan fingerprint density at radius 2 is 2.10 bits per heavy atom. The van der Waals surface area contributed by atoms with Crippen LogP contribution in [0.25, 0.3) is 0 Å². The molecule has 0 spiro atoms. The van der Waals surface area contributed by atoms with E-state index in [0.717, 1.165) is 6.42 Å². The number of rotatable bonds is 7. The van der Waals surface area contributed by atoms with E-state index < -0.39 is 6.04 Å². The van der Waals surface area contributed by atoms with Gasteiger partial charge in [0.15, 0.2) is 11.5 Å². The number of thioether (sulfide) groups is 1. The first-order valence-corrected chi connectivity index (χ1v) is 7.79. The van der Waals surface area contributed by atoms with Crippen molar-refractivity contribution in [2.45, 2.75) is 31.1 Å². The van der Waals surface area contributed by atoms with Crippen molar-refractivity contribution >= 4 is 17.7 Å². The van der Waals surface area contributed by atoms with Gasteiger partial charge in [-0.3, -0.25) is 4.79 Å². The summed E-state index contributed by atoms with van der Waals surface area (Å²) in [4.78, 5) is 11.8. The highest BCUT2D eigenvalue weighted by molar-refractivity contribution is 7.99. The predicted octanol–water partition coefficient (Wildman–Crippen LogP) is 1.23. The molecule has 0 saturated carbocycles. The molecule has 0 heterocycles. The molecule has 0 aliphatic rings. The van der Waals surface area contributed by atoms with Crippen molar-refractivity contribution < 1.29 is 15.0 Å². The van der Waals surface area contributed by atoms with Gasteiger partial charge in [0.2, 0.25) is 5.91 Å². The van der Waals surface area contributed by atoms with Gasteiger partial charge in [-0.25, -0.2) is 0 Å². The van der Waals surface area contributed by atoms with Crippen LogP contribution in [-0.4, -0.2) is 40.2 Å². The summed E-state index contributed by atoms with van der Waals surface area (Å²) in [6.45, 7) is 2.71. The van der Waals surface area contributed by atoms with Gasteiger partial charge in [0.1, 0.15) is 0 Å². The molecule has 0 aromatic heterocycles. The molecular formula is C14H22N2O3S. The van der Waals surface area contributed by atoms with Gasteiger partial charge in [0, 0.05) is 11.8 Å². The molecular weight excluding hydrogens is 276 g/mol. The molecule has 0 bridgehead atoms. The van der Waals surface area contributed by atoms with Crippen LogP contribution in [0.4, 0.5) is 0 Å². The largest absolute Gasteiger partial charge is 0.504 e. The van der Waals surface area contributed by atoms with Crippen molar-refractivity contribution in [2.75, 3.05) is 12.8 Å². The first-order chi connectivity index (χ1) is 9.43. The molecule has 2 atom stereocenters. The van der Waals surface area contributed by atoms with E-state index in [4.69, 9.17) is 5.73 Å². The molecule has 0 aliphatic carbocycles. The van der Waals surface area contributed by atoms with E-state index in [-0.39, 0.29) is 17.4 Å². The number of aromatic hydroxyl groups is 2. The van der Waals surface area contributed by atoms with Gasteiger partial charge in [0.05, 0.1) is 6.04 Å². The summed E-state index contributed by atoms with van der Waals surface area (Å²) in [6, 6.07) is 3.77. The predicted molar refractivity (Wildman–Crippen MR) is 82.1 cm³/mol. The number of amides is 1. The molecule has 112 valence electrons. The number of benzene rings is 1. The quantitative estimate of drug-likeness (QED) is 0.568. The van der Waals surface area contributed by atoms with Gasteiger partial charge < -0.3 is 21.3 Å². The lowest BCUT2D eigenvalue weighted by atomic mass is 10.1. The number of phenolic OH excluding ortho intramolecular Hbond substituents is 2. The van der Waals surface area contributed by atoms with Crippen LogP contribution in [0, 0.1) is 0 Å². The fourth-order valence-corrected chi connectivity index (χ4v) is 2.04. The van der Waals surface area contributed by atoms with Gasteiger partial charge in [-0.2, -0.15) is 11.8 Å². The Hall–Kier alpha value is -1.40. The van der Waals surface area contributed by atoms with Crippen LogP contribution in [0.2, 0.25) is 0 Å². The maximum absolute atomic E-state index is 11.8. The molecule has 0 fully saturated rings. The number of carbonyl (C=O) groups excluding carboxylic acids is 1. The summed E-state index contributed by atoms with van der Waals surface area (Å²) in [5, 5.41) is 21.9. The molecule has 1 rings (SSSR count). The fourth-order valence-electron chi connectivity index (χ4n) is 1.69. The summed E-state index contributed by atoms with van der Waals surface area (Å²) in [6.07, 6.45) is 3.26. The van der Waals surface area contributed by atoms with Crippen molar-refractivity contribution in [3.05, 3.63) is 23.8 Å². The van der Waals surface area contributed by atoms with E-state index in [2.05, 4.69) is 12.2 Å². The number of nitrogens with one attached hydrogen (secondary N) is 1. The Labute approximate surface area is 123 Å². The molecule has 0 radical (unpaired) electrons. The first-order valence-electron chi connectivity index (χ1n) is 6.51. The van der Waals surface area contributed by atoms with E-state index in [1.54, 1.807) is 17.8 Å². The van der Waals surface area contributed by atoms with Gasteiger partial charge in [-0.1, -0.05) is 13.0 Å². The van der Waals surface area contributed by atoms with E-state index in [9.17, 15) is 15.0 Å². The summed E-state index contributed by atoms with van der Waals surface area (Å²) >= 11 is 1.76. The molecule has 1 unspecified atom stereocenters. The van der Waals surface area contributed by atoms with Gasteiger partial charge >= 0.3 is 0 Å². The van der Waals surface area contributed by atoms with E-state index in [1.165, 1.54) is 12.1 Å². The number of carbonyl (C=O) groups is 1. The number of phenols is 2. The molecule has 20 heavy (non-hydrogen) atoms. The second-order valence-electron chi connectivity index (χ2n) is 4.76. The zero-order chi connectivity index (χ0) is 15.1. The first kappa shape index (κ1) is 16.7. The van der Waals surface area contributed by atoms with Crippen molar-refractivity contribution in [3.63, 3.8) is 0 Å². The maximum Gasteiger partial charge on any atom is 0.237 e. The number of nitrogens with two attached hydrogens (primary N) is 1. The standard InChI is InChI=1S/C14H22N2O3S/c1-9(20-2)5-6-16-14(19)11(15)7-10-3-4-12(17)13(18)8-10/h3-4,8-9,11,17-18H,5-7,15H2,1-2H3,(H,16,19)/t9?,11-/m0/s1. The Morgan fingerprint density at radius 3 is 2.70 bits per heavy atom. The average Bonchev–Trinajstić information content (AvgIpc) is 2.42. The number of hydrogen-bond acceptors (Lipinski definition) is 5. The molecule has 0 saturated heterocycles. The fraction of sp³-hybridized carbons (Fsp3) is 0.500. The topological polar surface area (TPSA) is 95.6 Å². The van der Waals surface area contributed by atoms with Crippen LogP contribution in [-0.2, 0) is 11.2 Å². The van der Waals surface area contributed by atoms with Gasteiger partial charge in [-0.15, -0.1) is 0 Å². The average molecular weight is 298 g/mol. The van der Waals surface area contributed by atoms with Crippen molar-refractivity contribution in [1.29, 1.82) is 0 Å². The third-order valence-corrected chi connectivity index (χ3v) is 4.13. The summed E-state index contributed by atoms with van der Waals surface area (Å²) in [7, 11) is 0. The summed E-state index contributed by atoms with van der Waals surface area (Å²) in [5.74, 6) is -0.590. The molecule has 1 aromatic carbocycles. The highest BCUT2D eigenvalue weighted by Crippen LogP contribution is 2.25. The van der Waals surface area contributed by atoms with Crippen LogP contribution >= 0.6 is 11.8 Å². The molecule has 5 N–H and O–H groups in total. The zero-order valence-corrected chi connectivity index (χ0v) is 12.6. The minimum atomic E-state index is -0.663. The SMILES string of the molecule is CSC(C)CCNC(=O)[C@@H](N)Cc1ccc(O)c(O)c1. The highest BCUT2D eigenvalue weighted by atomic mass is 32.2. The lowest BCUT2D eigenvalue weighted by molar-refractivity contribution is -0.122. The third kappa shape index (κ3) is 5.30. The van der Waals surface area contributed by atoms with Gasteiger partial charge in [-0.05, 0) is 36.8 Å². The normalized spacial score (nSPS) is 13.8. The Kier molecular flexibility index (Phi) is 6.67. The minimum Gasteiger partial charge on any atom is -0.504 e. The molecule has 1 amide bonds. The van der Waals surface area contributed by atoms with Gasteiger partial charge in [0.25, 0.3) is 0 Å². The molecule has 0 aliphatic heterocycles. The Bertz CT molecular complexity index is 454. The smallest absolute Gasteiger partial charge is 0.237 e. The lowest BCUT2D eigenvalue weighted by Gasteiger charge is -2.14. The monoisotopic (exact) mass is 298 g/mol. The summed E-state index contributed by atoms with van der Waals surface area (Å²) < 4.78 is 0. The maximum atomic E-state index is 11.8. The van der Waals surface area contributed by atoms with Crippen molar-refractivity contribution in [1.82, 2.24) is 5.32 Å². The van der Waals surface area contributed by atoms with E-state index >= 15 is 0 Å². The van der Waals surface area contributed by atoms with Crippen LogP contribution < -0.4 is 11.1 Å². The highest BCUT2D eigenvalue weighted by Gasteiger charge is 2.14. The van der Waals surface area contributed by atoms with E-state index in [0.29, 0.717) is 23.8 Å². The van der Waals surface area contributed by atoms with Crippen LogP contribution in [0.1, 0.15) is 18.9 Å². The minimum absolute atomic E-state index is 0.183. The van der Waals surface area contributed by atoms with E-state index in [1.807, 2.05) is 6.26 Å². The van der Waals surface area contributed by atoms with Crippen LogP contribution in [0.3, 0.4) is 0 Å². The lowest BCUT2D eigenvalue weighted by Crippen LogP contribution is -2.42. The zero-order valence-electron chi connectivity index (χ0n) is 11.8. The Balaban J connectivity index is 2.43. The Morgan fingerprint density at radius 1 is 1.40 bits per heavy atom. The third-order valence-electron chi connectivity index (χ3n) is 3.08. The van der Waals surface area contributed by atoms with Crippen molar-refractivity contribution in [3.8, 4) is 11.5 Å². The van der Waals surface area contributed by atoms with Crippen molar-refractivity contribution in [2.24, 2.45) is 5.73 Å². The summed E-state index contributed by atoms with van der Waals surface area (Å²) in [5.41, 5.74) is 6.53.